The summed E-state index contributed by atoms with van der Waals surface area (Å²) in [5.74, 6) is -0.297. The smallest absolute Gasteiger partial charge is 0.292 e. The number of benzene rings is 1. The lowest BCUT2D eigenvalue weighted by Crippen LogP contribution is -2.49. The Morgan fingerprint density at radius 3 is 2.91 bits per heavy atom. The average molecular weight is 321 g/mol. The van der Waals surface area contributed by atoms with Gasteiger partial charge in [-0.3, -0.25) is 19.8 Å². The fourth-order valence-corrected chi connectivity index (χ4v) is 3.03. The number of hydrogen-bond donors (Lipinski definition) is 2. The van der Waals surface area contributed by atoms with E-state index in [0.717, 1.165) is 25.8 Å². The van der Waals surface area contributed by atoms with Gasteiger partial charge in [-0.15, -0.1) is 0 Å². The molecule has 0 aliphatic carbocycles. The van der Waals surface area contributed by atoms with E-state index < -0.39 is 11.0 Å². The highest BCUT2D eigenvalue weighted by Crippen LogP contribution is 2.24. The molecular weight excluding hydrogens is 298 g/mol. The molecule has 23 heavy (non-hydrogen) atoms. The maximum absolute atomic E-state index is 12.3. The molecule has 2 rings (SSSR count). The number of para-hydroxylation sites is 2. The van der Waals surface area contributed by atoms with Gasteiger partial charge in [0.1, 0.15) is 5.69 Å². The van der Waals surface area contributed by atoms with Crippen molar-refractivity contribution in [2.24, 2.45) is 0 Å². The molecule has 7 heteroatoms. The van der Waals surface area contributed by atoms with Crippen LogP contribution in [0.2, 0.25) is 0 Å². The van der Waals surface area contributed by atoms with Crippen LogP contribution in [0.4, 0.5) is 11.4 Å². The van der Waals surface area contributed by atoms with E-state index in [1.54, 1.807) is 12.1 Å². The summed E-state index contributed by atoms with van der Waals surface area (Å²) in [4.78, 5) is 24.7. The minimum absolute atomic E-state index is 0.0229. The third-order valence-corrected chi connectivity index (χ3v) is 4.25. The molecule has 0 saturated carbocycles. The number of piperidine rings is 1. The van der Waals surface area contributed by atoms with E-state index in [1.165, 1.54) is 12.1 Å². The Labute approximate surface area is 135 Å². The number of carbonyl (C=O) groups is 1. The molecule has 1 aliphatic heterocycles. The van der Waals surface area contributed by atoms with Gasteiger partial charge < -0.3 is 10.4 Å². The minimum atomic E-state index is -0.514. The molecule has 2 unspecified atom stereocenters. The van der Waals surface area contributed by atoms with Crippen LogP contribution < -0.4 is 5.32 Å². The third-order valence-electron chi connectivity index (χ3n) is 4.25. The molecule has 1 heterocycles. The van der Waals surface area contributed by atoms with E-state index in [1.807, 2.05) is 11.8 Å². The van der Waals surface area contributed by atoms with Crippen LogP contribution in [0.15, 0.2) is 24.3 Å². The summed E-state index contributed by atoms with van der Waals surface area (Å²) in [6.45, 7) is 2.81. The highest BCUT2D eigenvalue weighted by molar-refractivity contribution is 5.94. The van der Waals surface area contributed by atoms with E-state index >= 15 is 0 Å². The quantitative estimate of drug-likeness (QED) is 0.618. The Kier molecular flexibility index (Phi) is 6.06. The first-order chi connectivity index (χ1) is 11.0. The highest BCUT2D eigenvalue weighted by atomic mass is 16.6. The van der Waals surface area contributed by atoms with E-state index in [4.69, 9.17) is 0 Å². The number of amides is 1. The molecule has 1 aromatic rings. The Hall–Kier alpha value is -1.99. The van der Waals surface area contributed by atoms with E-state index in [2.05, 4.69) is 5.32 Å². The Morgan fingerprint density at radius 2 is 2.22 bits per heavy atom. The second-order valence-electron chi connectivity index (χ2n) is 5.83. The molecule has 0 bridgehead atoms. The number of rotatable bonds is 6. The normalized spacial score (nSPS) is 20.0. The first-order valence-corrected chi connectivity index (χ1v) is 7.98. The molecule has 1 aromatic carbocycles. The van der Waals surface area contributed by atoms with Crippen LogP contribution in [0.3, 0.4) is 0 Å². The van der Waals surface area contributed by atoms with Crippen molar-refractivity contribution in [2.75, 3.05) is 18.4 Å². The molecule has 2 N–H and O–H groups in total. The molecular formula is C16H23N3O4. The van der Waals surface area contributed by atoms with Gasteiger partial charge in [0.2, 0.25) is 5.91 Å². The topological polar surface area (TPSA) is 95.7 Å². The van der Waals surface area contributed by atoms with Crippen molar-refractivity contribution in [2.45, 2.75) is 44.8 Å². The predicted molar refractivity (Wildman–Crippen MR) is 87.2 cm³/mol. The molecule has 2 atom stereocenters. The Balaban J connectivity index is 2.02. The third kappa shape index (κ3) is 4.49. The van der Waals surface area contributed by atoms with Gasteiger partial charge in [0.15, 0.2) is 0 Å². The van der Waals surface area contributed by atoms with Crippen molar-refractivity contribution in [3.05, 3.63) is 34.4 Å². The summed E-state index contributed by atoms with van der Waals surface area (Å²) >= 11 is 0. The maximum atomic E-state index is 12.3. The van der Waals surface area contributed by atoms with Gasteiger partial charge in [0.25, 0.3) is 5.69 Å². The number of aliphatic hydroxyl groups excluding tert-OH is 1. The number of nitro groups is 1. The van der Waals surface area contributed by atoms with Crippen LogP contribution in [0.25, 0.3) is 0 Å². The zero-order chi connectivity index (χ0) is 16.8. The fraction of sp³-hybridized carbons (Fsp3) is 0.562. The van der Waals surface area contributed by atoms with Crippen molar-refractivity contribution >= 4 is 17.3 Å². The number of anilines is 1. The highest BCUT2D eigenvalue weighted by Gasteiger charge is 2.29. The first-order valence-electron chi connectivity index (χ1n) is 7.98. The van der Waals surface area contributed by atoms with Gasteiger partial charge in [0.05, 0.1) is 17.6 Å². The molecule has 1 fully saturated rings. The lowest BCUT2D eigenvalue weighted by Gasteiger charge is -2.37. The SMILES string of the molecule is CCC(O)C1CCCCN1CC(=O)Nc1ccccc1[N+](=O)[O-]. The van der Waals surface area contributed by atoms with Gasteiger partial charge in [0, 0.05) is 12.1 Å². The number of nitrogens with zero attached hydrogens (tertiary/aromatic N) is 2. The van der Waals surface area contributed by atoms with Crippen molar-refractivity contribution in [3.8, 4) is 0 Å². The second-order valence-corrected chi connectivity index (χ2v) is 5.83. The molecule has 1 amide bonds. The minimum Gasteiger partial charge on any atom is -0.392 e. The average Bonchev–Trinajstić information content (AvgIpc) is 2.55. The van der Waals surface area contributed by atoms with Crippen molar-refractivity contribution in [1.82, 2.24) is 4.90 Å². The number of hydrogen-bond acceptors (Lipinski definition) is 5. The molecule has 0 aromatic heterocycles. The summed E-state index contributed by atoms with van der Waals surface area (Å²) in [6.07, 6.45) is 3.10. The van der Waals surface area contributed by atoms with Crippen LogP contribution in [-0.4, -0.2) is 46.1 Å². The van der Waals surface area contributed by atoms with Gasteiger partial charge in [-0.25, -0.2) is 0 Å². The zero-order valence-corrected chi connectivity index (χ0v) is 13.3. The first kappa shape index (κ1) is 17.4. The number of aliphatic hydroxyl groups is 1. The fourth-order valence-electron chi connectivity index (χ4n) is 3.03. The van der Waals surface area contributed by atoms with E-state index in [0.29, 0.717) is 6.42 Å². The molecule has 1 aliphatic rings. The number of carbonyl (C=O) groups excluding carboxylic acids is 1. The summed E-state index contributed by atoms with van der Waals surface area (Å²) in [5, 5.41) is 23.7. The molecule has 0 radical (unpaired) electrons. The lowest BCUT2D eigenvalue weighted by molar-refractivity contribution is -0.383. The summed E-state index contributed by atoms with van der Waals surface area (Å²) in [7, 11) is 0. The van der Waals surface area contributed by atoms with Crippen LogP contribution in [0.1, 0.15) is 32.6 Å². The van der Waals surface area contributed by atoms with Crippen molar-refractivity contribution in [1.29, 1.82) is 0 Å². The maximum Gasteiger partial charge on any atom is 0.292 e. The Morgan fingerprint density at radius 1 is 1.48 bits per heavy atom. The van der Waals surface area contributed by atoms with Crippen molar-refractivity contribution < 1.29 is 14.8 Å². The summed E-state index contributed by atoms with van der Waals surface area (Å²) in [5.41, 5.74) is 0.0803. The Bertz CT molecular complexity index is 564. The molecule has 7 nitrogen and oxygen atoms in total. The number of nitrogens with one attached hydrogen (secondary N) is 1. The van der Waals surface area contributed by atoms with Crippen LogP contribution in [0, 0.1) is 10.1 Å². The number of nitro benzene ring substituents is 1. The predicted octanol–water partition coefficient (Wildman–Crippen LogP) is 2.16. The van der Waals surface area contributed by atoms with E-state index in [-0.39, 0.29) is 29.9 Å². The second kappa shape index (κ2) is 8.03. The van der Waals surface area contributed by atoms with Crippen molar-refractivity contribution in [3.63, 3.8) is 0 Å². The molecule has 0 spiro atoms. The van der Waals surface area contributed by atoms with Gasteiger partial charge in [-0.05, 0) is 31.9 Å². The lowest BCUT2D eigenvalue weighted by atomic mass is 9.96. The van der Waals surface area contributed by atoms with Gasteiger partial charge in [-0.1, -0.05) is 25.5 Å². The summed E-state index contributed by atoms with van der Waals surface area (Å²) < 4.78 is 0. The zero-order valence-electron chi connectivity index (χ0n) is 13.3. The molecule has 1 saturated heterocycles. The summed E-state index contributed by atoms with van der Waals surface area (Å²) in [6, 6.07) is 6.06. The van der Waals surface area contributed by atoms with Crippen LogP contribution in [0.5, 0.6) is 0 Å². The standard InChI is InChI=1S/C16H23N3O4/c1-2-15(20)14-9-5-6-10-18(14)11-16(21)17-12-7-3-4-8-13(12)19(22)23/h3-4,7-8,14-15,20H,2,5-6,9-11H2,1H3,(H,17,21). The monoisotopic (exact) mass is 321 g/mol. The largest absolute Gasteiger partial charge is 0.392 e. The van der Waals surface area contributed by atoms with E-state index in [9.17, 15) is 20.0 Å². The van der Waals surface area contributed by atoms with Gasteiger partial charge in [-0.2, -0.15) is 0 Å². The molecule has 126 valence electrons. The number of likely N-dealkylation sites (tertiary alicyclic amines) is 1. The van der Waals surface area contributed by atoms with Gasteiger partial charge >= 0.3 is 0 Å². The van der Waals surface area contributed by atoms with Crippen LogP contribution in [-0.2, 0) is 4.79 Å². The van der Waals surface area contributed by atoms with Crippen LogP contribution >= 0.6 is 0 Å².